The van der Waals surface area contributed by atoms with Crippen LogP contribution < -0.4 is 5.32 Å². The number of H-pyrrole nitrogens is 1. The molecule has 0 fully saturated rings. The van der Waals surface area contributed by atoms with Crippen LogP contribution >= 0.6 is 0 Å². The van der Waals surface area contributed by atoms with Gasteiger partial charge in [-0.2, -0.15) is 5.10 Å². The van der Waals surface area contributed by atoms with Gasteiger partial charge in [0.25, 0.3) is 0 Å². The number of benzene rings is 1. The molecule has 5 nitrogen and oxygen atoms in total. The van der Waals surface area contributed by atoms with Gasteiger partial charge in [0, 0.05) is 36.0 Å². The number of aromatic nitrogens is 4. The van der Waals surface area contributed by atoms with Gasteiger partial charge in [0.2, 0.25) is 0 Å². The third kappa shape index (κ3) is 3.40. The lowest BCUT2D eigenvalue weighted by Crippen LogP contribution is -2.19. The van der Waals surface area contributed by atoms with Gasteiger partial charge in [-0.1, -0.05) is 0 Å². The SMILES string of the molecule is CC(NCc1cn[nH]c1-c1ccc(F)cc1F)c1ccncn1. The van der Waals surface area contributed by atoms with E-state index in [4.69, 9.17) is 0 Å². The zero-order chi connectivity index (χ0) is 16.2. The maximum Gasteiger partial charge on any atom is 0.135 e. The highest BCUT2D eigenvalue weighted by molar-refractivity contribution is 5.63. The van der Waals surface area contributed by atoms with E-state index in [0.29, 0.717) is 12.2 Å². The molecule has 7 heteroatoms. The van der Waals surface area contributed by atoms with Crippen molar-refractivity contribution in [1.82, 2.24) is 25.5 Å². The number of halogens is 2. The molecule has 3 rings (SSSR count). The summed E-state index contributed by atoms with van der Waals surface area (Å²) >= 11 is 0. The second-order valence-electron chi connectivity index (χ2n) is 5.13. The Bertz CT molecular complexity index is 788. The minimum Gasteiger partial charge on any atom is -0.305 e. The third-order valence-electron chi connectivity index (χ3n) is 3.57. The van der Waals surface area contributed by atoms with E-state index in [1.165, 1.54) is 18.5 Å². The topological polar surface area (TPSA) is 66.5 Å². The second-order valence-corrected chi connectivity index (χ2v) is 5.13. The third-order valence-corrected chi connectivity index (χ3v) is 3.57. The van der Waals surface area contributed by atoms with Crippen molar-refractivity contribution in [2.75, 3.05) is 0 Å². The van der Waals surface area contributed by atoms with Crippen molar-refractivity contribution in [3.63, 3.8) is 0 Å². The summed E-state index contributed by atoms with van der Waals surface area (Å²) in [5.74, 6) is -1.23. The molecule has 0 aliphatic carbocycles. The number of hydrogen-bond donors (Lipinski definition) is 2. The first kappa shape index (κ1) is 15.2. The van der Waals surface area contributed by atoms with Gasteiger partial charge < -0.3 is 5.32 Å². The van der Waals surface area contributed by atoms with Crippen LogP contribution in [0.2, 0.25) is 0 Å². The fraction of sp³-hybridized carbons (Fsp3) is 0.188. The van der Waals surface area contributed by atoms with Crippen molar-refractivity contribution < 1.29 is 8.78 Å². The average molecular weight is 315 g/mol. The molecular formula is C16H15F2N5. The van der Waals surface area contributed by atoms with E-state index in [9.17, 15) is 8.78 Å². The molecule has 1 atom stereocenters. The number of nitrogens with one attached hydrogen (secondary N) is 2. The molecule has 3 aromatic rings. The van der Waals surface area contributed by atoms with Gasteiger partial charge in [-0.25, -0.2) is 18.7 Å². The summed E-state index contributed by atoms with van der Waals surface area (Å²) in [4.78, 5) is 8.07. The van der Waals surface area contributed by atoms with E-state index >= 15 is 0 Å². The molecule has 1 aromatic carbocycles. The Balaban J connectivity index is 1.76. The molecule has 1 unspecified atom stereocenters. The monoisotopic (exact) mass is 315 g/mol. The summed E-state index contributed by atoms with van der Waals surface area (Å²) in [6, 6.07) is 5.30. The van der Waals surface area contributed by atoms with Crippen LogP contribution in [0, 0.1) is 11.6 Å². The van der Waals surface area contributed by atoms with Crippen molar-refractivity contribution in [1.29, 1.82) is 0 Å². The Morgan fingerprint density at radius 1 is 1.26 bits per heavy atom. The van der Waals surface area contributed by atoms with Gasteiger partial charge in [-0.15, -0.1) is 0 Å². The van der Waals surface area contributed by atoms with Crippen molar-refractivity contribution in [3.8, 4) is 11.3 Å². The fourth-order valence-corrected chi connectivity index (χ4v) is 2.30. The number of aromatic amines is 1. The summed E-state index contributed by atoms with van der Waals surface area (Å²) < 4.78 is 27.0. The van der Waals surface area contributed by atoms with E-state index in [-0.39, 0.29) is 11.6 Å². The van der Waals surface area contributed by atoms with Crippen molar-refractivity contribution in [2.45, 2.75) is 19.5 Å². The van der Waals surface area contributed by atoms with Gasteiger partial charge in [-0.05, 0) is 25.1 Å². The molecule has 0 aliphatic rings. The standard InChI is InChI=1S/C16H15F2N5/c1-10(15-4-5-19-9-21-15)20-7-11-8-22-23-16(11)13-3-2-12(17)6-14(13)18/h2-6,8-10,20H,7H2,1H3,(H,22,23). The van der Waals surface area contributed by atoms with E-state index in [1.54, 1.807) is 12.4 Å². The van der Waals surface area contributed by atoms with Crippen LogP contribution in [0.1, 0.15) is 24.2 Å². The zero-order valence-corrected chi connectivity index (χ0v) is 12.4. The lowest BCUT2D eigenvalue weighted by atomic mass is 10.1. The Labute approximate surface area is 131 Å². The lowest BCUT2D eigenvalue weighted by Gasteiger charge is -2.13. The number of hydrogen-bond acceptors (Lipinski definition) is 4. The molecule has 0 saturated heterocycles. The summed E-state index contributed by atoms with van der Waals surface area (Å²) in [5.41, 5.74) is 2.47. The second kappa shape index (κ2) is 6.62. The zero-order valence-electron chi connectivity index (χ0n) is 12.4. The van der Waals surface area contributed by atoms with Crippen LogP contribution in [0.25, 0.3) is 11.3 Å². The Hall–Kier alpha value is -2.67. The maximum atomic E-state index is 13.9. The predicted octanol–water partition coefficient (Wildman–Crippen LogP) is 3.00. The van der Waals surface area contributed by atoms with Crippen LogP contribution in [-0.4, -0.2) is 20.2 Å². The molecule has 0 radical (unpaired) electrons. The van der Waals surface area contributed by atoms with Crippen LogP contribution in [0.5, 0.6) is 0 Å². The van der Waals surface area contributed by atoms with Crippen molar-refractivity contribution >= 4 is 0 Å². The highest BCUT2D eigenvalue weighted by Gasteiger charge is 2.14. The molecule has 118 valence electrons. The van der Waals surface area contributed by atoms with Crippen LogP contribution in [-0.2, 0) is 6.54 Å². The number of nitrogens with zero attached hydrogens (tertiary/aromatic N) is 3. The molecule has 2 N–H and O–H groups in total. The van der Waals surface area contributed by atoms with Gasteiger partial charge >= 0.3 is 0 Å². The predicted molar refractivity (Wildman–Crippen MR) is 81.2 cm³/mol. The molecule has 0 bridgehead atoms. The van der Waals surface area contributed by atoms with Gasteiger partial charge in [0.15, 0.2) is 0 Å². The van der Waals surface area contributed by atoms with Gasteiger partial charge in [-0.3, -0.25) is 5.10 Å². The van der Waals surface area contributed by atoms with Crippen molar-refractivity contribution in [3.05, 3.63) is 65.9 Å². The van der Waals surface area contributed by atoms with E-state index in [1.807, 2.05) is 13.0 Å². The first-order valence-electron chi connectivity index (χ1n) is 7.12. The molecule has 23 heavy (non-hydrogen) atoms. The first-order chi connectivity index (χ1) is 11.1. The Kier molecular flexibility index (Phi) is 4.38. The summed E-state index contributed by atoms with van der Waals surface area (Å²) in [5, 5.41) is 10.0. The Morgan fingerprint density at radius 2 is 2.13 bits per heavy atom. The van der Waals surface area contributed by atoms with Crippen LogP contribution in [0.15, 0.2) is 43.0 Å². The minimum atomic E-state index is -0.626. The summed E-state index contributed by atoms with van der Waals surface area (Å²) in [6.45, 7) is 2.44. The van der Waals surface area contributed by atoms with Gasteiger partial charge in [0.1, 0.15) is 18.0 Å². The Morgan fingerprint density at radius 3 is 2.87 bits per heavy atom. The highest BCUT2D eigenvalue weighted by atomic mass is 19.1. The minimum absolute atomic E-state index is 0.00110. The molecule has 2 heterocycles. The summed E-state index contributed by atoms with van der Waals surface area (Å²) in [6.07, 6.45) is 4.79. The van der Waals surface area contributed by atoms with Gasteiger partial charge in [0.05, 0.1) is 17.6 Å². The van der Waals surface area contributed by atoms with Crippen LogP contribution in [0.4, 0.5) is 8.78 Å². The fourth-order valence-electron chi connectivity index (χ4n) is 2.30. The summed E-state index contributed by atoms with van der Waals surface area (Å²) in [7, 11) is 0. The molecule has 0 spiro atoms. The largest absolute Gasteiger partial charge is 0.305 e. The lowest BCUT2D eigenvalue weighted by molar-refractivity contribution is 0.560. The van der Waals surface area contributed by atoms with Crippen molar-refractivity contribution in [2.24, 2.45) is 0 Å². The quantitative estimate of drug-likeness (QED) is 0.759. The molecular weight excluding hydrogens is 300 g/mol. The highest BCUT2D eigenvalue weighted by Crippen LogP contribution is 2.25. The number of rotatable bonds is 5. The van der Waals surface area contributed by atoms with E-state index < -0.39 is 11.6 Å². The average Bonchev–Trinajstić information content (AvgIpc) is 3.01. The normalized spacial score (nSPS) is 12.3. The first-order valence-corrected chi connectivity index (χ1v) is 7.12. The maximum absolute atomic E-state index is 13.9. The molecule has 0 aliphatic heterocycles. The molecule has 0 saturated carbocycles. The smallest absolute Gasteiger partial charge is 0.135 e. The van der Waals surface area contributed by atoms with E-state index in [0.717, 1.165) is 17.3 Å². The van der Waals surface area contributed by atoms with E-state index in [2.05, 4.69) is 25.5 Å². The van der Waals surface area contributed by atoms with Crippen LogP contribution in [0.3, 0.4) is 0 Å². The molecule has 2 aromatic heterocycles. The molecule has 0 amide bonds.